The first-order chi connectivity index (χ1) is 12.7. The molecule has 0 aliphatic rings. The van der Waals surface area contributed by atoms with Gasteiger partial charge in [-0.25, -0.2) is 8.42 Å². The predicted molar refractivity (Wildman–Crippen MR) is 105 cm³/mol. The summed E-state index contributed by atoms with van der Waals surface area (Å²) >= 11 is 0. The van der Waals surface area contributed by atoms with Crippen molar-refractivity contribution in [2.45, 2.75) is 12.8 Å². The summed E-state index contributed by atoms with van der Waals surface area (Å²) in [7, 11) is -3.52. The zero-order chi connectivity index (χ0) is 19.9. The number of benzene rings is 2. The first-order valence-electron chi connectivity index (χ1n) is 8.40. The maximum absolute atomic E-state index is 12.3. The van der Waals surface area contributed by atoms with E-state index in [1.54, 1.807) is 24.3 Å². The zero-order valence-electron chi connectivity index (χ0n) is 15.1. The van der Waals surface area contributed by atoms with Gasteiger partial charge in [0.05, 0.1) is 19.2 Å². The number of hydrogen-bond donors (Lipinski definition) is 2. The number of nitrogens with zero attached hydrogens (tertiary/aromatic N) is 1. The topological polar surface area (TPSA) is 110 Å². The Morgan fingerprint density at radius 2 is 1.63 bits per heavy atom. The van der Waals surface area contributed by atoms with Crippen LogP contribution in [0, 0.1) is 0 Å². The lowest BCUT2D eigenvalue weighted by molar-refractivity contribution is -0.117. The molecule has 2 aromatic carbocycles. The lowest BCUT2D eigenvalue weighted by atomic mass is 10.1. The van der Waals surface area contributed by atoms with Crippen molar-refractivity contribution in [3.05, 3.63) is 65.7 Å². The molecule has 0 bridgehead atoms. The monoisotopic (exact) mass is 389 g/mol. The van der Waals surface area contributed by atoms with Gasteiger partial charge in [-0.2, -0.15) is 4.31 Å². The molecule has 0 aliphatic carbocycles. The molecule has 0 heterocycles. The smallest absolute Gasteiger partial charge is 0.239 e. The van der Waals surface area contributed by atoms with E-state index >= 15 is 0 Å². The lowest BCUT2D eigenvalue weighted by Gasteiger charge is -2.19. The van der Waals surface area contributed by atoms with E-state index in [4.69, 9.17) is 5.73 Å². The average molecular weight is 389 g/mol. The molecule has 2 amide bonds. The minimum atomic E-state index is -3.52. The van der Waals surface area contributed by atoms with Crippen LogP contribution in [0.3, 0.4) is 0 Å². The largest absolute Gasteiger partial charge is 0.369 e. The maximum Gasteiger partial charge on any atom is 0.239 e. The number of rotatable bonds is 9. The first-order valence-corrected chi connectivity index (χ1v) is 10.2. The summed E-state index contributed by atoms with van der Waals surface area (Å²) in [6.07, 6.45) is 1.72. The van der Waals surface area contributed by atoms with Gasteiger partial charge >= 0.3 is 0 Å². The molecule has 0 aliphatic heterocycles. The third-order valence-corrected chi connectivity index (χ3v) is 5.15. The van der Waals surface area contributed by atoms with Crippen molar-refractivity contribution in [2.75, 3.05) is 24.7 Å². The molecule has 0 spiro atoms. The van der Waals surface area contributed by atoms with Crippen molar-refractivity contribution >= 4 is 27.5 Å². The van der Waals surface area contributed by atoms with Crippen LogP contribution < -0.4 is 11.1 Å². The Labute approximate surface area is 159 Å². The van der Waals surface area contributed by atoms with Gasteiger partial charge < -0.3 is 11.1 Å². The van der Waals surface area contributed by atoms with Gasteiger partial charge in [0.25, 0.3) is 0 Å². The van der Waals surface area contributed by atoms with E-state index in [-0.39, 0.29) is 19.5 Å². The van der Waals surface area contributed by atoms with E-state index in [0.717, 1.165) is 21.7 Å². The van der Waals surface area contributed by atoms with Crippen molar-refractivity contribution in [2.24, 2.45) is 5.73 Å². The summed E-state index contributed by atoms with van der Waals surface area (Å²) in [5, 5.41) is 2.66. The summed E-state index contributed by atoms with van der Waals surface area (Å²) in [6.45, 7) is -0.0531. The minimum Gasteiger partial charge on any atom is -0.369 e. The Balaban J connectivity index is 1.96. The fourth-order valence-electron chi connectivity index (χ4n) is 2.53. The molecule has 3 N–H and O–H groups in total. The van der Waals surface area contributed by atoms with Crippen molar-refractivity contribution in [1.82, 2.24) is 4.31 Å². The van der Waals surface area contributed by atoms with Gasteiger partial charge in [-0.05, 0) is 29.7 Å². The highest BCUT2D eigenvalue weighted by atomic mass is 32.2. The predicted octanol–water partition coefficient (Wildman–Crippen LogP) is 1.16. The van der Waals surface area contributed by atoms with E-state index in [1.165, 1.54) is 0 Å². The van der Waals surface area contributed by atoms with Crippen LogP contribution in [-0.2, 0) is 32.5 Å². The van der Waals surface area contributed by atoms with Gasteiger partial charge in [0.2, 0.25) is 21.8 Å². The van der Waals surface area contributed by atoms with Gasteiger partial charge in [-0.3, -0.25) is 9.59 Å². The number of nitrogens with two attached hydrogens (primary N) is 1. The molecule has 2 rings (SSSR count). The van der Waals surface area contributed by atoms with Crippen molar-refractivity contribution in [3.63, 3.8) is 0 Å². The van der Waals surface area contributed by atoms with E-state index in [2.05, 4.69) is 5.32 Å². The second kappa shape index (κ2) is 9.29. The van der Waals surface area contributed by atoms with Crippen LogP contribution in [0.4, 0.5) is 5.69 Å². The Kier molecular flexibility index (Phi) is 7.09. The highest BCUT2D eigenvalue weighted by molar-refractivity contribution is 7.88. The summed E-state index contributed by atoms with van der Waals surface area (Å²) < 4.78 is 25.1. The Morgan fingerprint density at radius 1 is 1.00 bits per heavy atom. The molecular weight excluding hydrogens is 366 g/mol. The van der Waals surface area contributed by atoms with Crippen LogP contribution in [0.1, 0.15) is 11.1 Å². The van der Waals surface area contributed by atoms with Crippen molar-refractivity contribution in [3.8, 4) is 0 Å². The quantitative estimate of drug-likeness (QED) is 0.670. The molecule has 0 unspecified atom stereocenters. The number of nitrogens with one attached hydrogen (secondary N) is 1. The van der Waals surface area contributed by atoms with Crippen LogP contribution in [0.15, 0.2) is 54.6 Å². The molecule has 0 radical (unpaired) electrons. The van der Waals surface area contributed by atoms with Crippen LogP contribution in [0.25, 0.3) is 0 Å². The number of primary amides is 1. The molecule has 0 saturated carbocycles. The first kappa shape index (κ1) is 20.6. The molecule has 7 nitrogen and oxygen atoms in total. The third-order valence-electron chi connectivity index (χ3n) is 3.90. The van der Waals surface area contributed by atoms with Crippen LogP contribution in [0.5, 0.6) is 0 Å². The summed E-state index contributed by atoms with van der Waals surface area (Å²) in [5.41, 5.74) is 7.39. The van der Waals surface area contributed by atoms with Crippen molar-refractivity contribution in [1.29, 1.82) is 0 Å². The number of carbonyl (C=O) groups excluding carboxylic acids is 2. The normalized spacial score (nSPS) is 11.3. The second-order valence-electron chi connectivity index (χ2n) is 6.22. The fraction of sp³-hybridized carbons (Fsp3) is 0.263. The van der Waals surface area contributed by atoms with Gasteiger partial charge in [0, 0.05) is 12.2 Å². The van der Waals surface area contributed by atoms with Gasteiger partial charge in [-0.1, -0.05) is 42.5 Å². The van der Waals surface area contributed by atoms with Gasteiger partial charge in [0.15, 0.2) is 0 Å². The molecule has 0 aromatic heterocycles. The standard InChI is InChI=1S/C19H23N3O4S/c1-27(25,26)22(12-11-15-5-3-2-4-6-15)14-19(24)21-17-9-7-16(8-10-17)13-18(20)23/h2-10H,11-14H2,1H3,(H2,20,23)(H,21,24). The summed E-state index contributed by atoms with van der Waals surface area (Å²) in [4.78, 5) is 23.2. The Morgan fingerprint density at radius 3 is 2.19 bits per heavy atom. The van der Waals surface area contributed by atoms with Crippen LogP contribution >= 0.6 is 0 Å². The number of amides is 2. The number of anilines is 1. The van der Waals surface area contributed by atoms with Gasteiger partial charge in [-0.15, -0.1) is 0 Å². The highest BCUT2D eigenvalue weighted by Crippen LogP contribution is 2.11. The molecule has 0 atom stereocenters. The molecule has 0 fully saturated rings. The SMILES string of the molecule is CS(=O)(=O)N(CCc1ccccc1)CC(=O)Nc1ccc(CC(N)=O)cc1. The lowest BCUT2D eigenvalue weighted by Crippen LogP contribution is -2.38. The molecule has 8 heteroatoms. The van der Waals surface area contributed by atoms with E-state index < -0.39 is 21.8 Å². The van der Waals surface area contributed by atoms with E-state index in [1.807, 2.05) is 30.3 Å². The number of sulfonamides is 1. The van der Waals surface area contributed by atoms with E-state index in [0.29, 0.717) is 12.1 Å². The summed E-state index contributed by atoms with van der Waals surface area (Å²) in [6, 6.07) is 16.1. The molecule has 27 heavy (non-hydrogen) atoms. The highest BCUT2D eigenvalue weighted by Gasteiger charge is 2.20. The molecule has 0 saturated heterocycles. The van der Waals surface area contributed by atoms with Gasteiger partial charge in [0.1, 0.15) is 0 Å². The average Bonchev–Trinajstić information content (AvgIpc) is 2.60. The number of carbonyl (C=O) groups is 2. The van der Waals surface area contributed by atoms with Crippen molar-refractivity contribution < 1.29 is 18.0 Å². The molecular formula is C19H23N3O4S. The minimum absolute atomic E-state index is 0.121. The zero-order valence-corrected chi connectivity index (χ0v) is 15.9. The molecule has 2 aromatic rings. The summed E-state index contributed by atoms with van der Waals surface area (Å²) in [5.74, 6) is -0.870. The van der Waals surface area contributed by atoms with Crippen LogP contribution in [-0.4, -0.2) is 43.9 Å². The Hall–Kier alpha value is -2.71. The fourth-order valence-corrected chi connectivity index (χ4v) is 3.30. The number of hydrogen-bond acceptors (Lipinski definition) is 4. The third kappa shape index (κ3) is 7.20. The van der Waals surface area contributed by atoms with E-state index in [9.17, 15) is 18.0 Å². The second-order valence-corrected chi connectivity index (χ2v) is 8.20. The van der Waals surface area contributed by atoms with Crippen LogP contribution in [0.2, 0.25) is 0 Å². The maximum atomic E-state index is 12.3. The molecule has 144 valence electrons. The Bertz CT molecular complexity index is 881.